The molecule has 110 valence electrons. The molecule has 0 aliphatic rings. The summed E-state index contributed by atoms with van der Waals surface area (Å²) in [5.41, 5.74) is 1.74. The van der Waals surface area contributed by atoms with Crippen LogP contribution in [0.5, 0.6) is 0 Å². The number of benzene rings is 2. The first-order valence-corrected chi connectivity index (χ1v) is 6.88. The molecule has 1 atom stereocenters. The lowest BCUT2D eigenvalue weighted by Crippen LogP contribution is -2.17. The van der Waals surface area contributed by atoms with E-state index in [1.807, 2.05) is 34.9 Å². The number of nitro benzene ring substituents is 1. The Balaban J connectivity index is 2.15. The van der Waals surface area contributed by atoms with Crippen LogP contribution in [0.25, 0.3) is 10.9 Å². The Morgan fingerprint density at radius 2 is 1.86 bits per heavy atom. The standard InChI is InChI=1S/C17H14N2O3/c1-12(20)17(13-5-3-2-4-6-13)18-10-9-14-11-15(19(21)22)7-8-16(14)18/h2-11,17H,1H3. The van der Waals surface area contributed by atoms with Crippen molar-refractivity contribution in [3.63, 3.8) is 0 Å². The number of ketones is 1. The second-order valence-electron chi connectivity index (χ2n) is 5.15. The smallest absolute Gasteiger partial charge is 0.270 e. The fourth-order valence-electron chi connectivity index (χ4n) is 2.72. The van der Waals surface area contributed by atoms with Gasteiger partial charge >= 0.3 is 0 Å². The first-order chi connectivity index (χ1) is 10.6. The van der Waals surface area contributed by atoms with Crippen LogP contribution in [-0.4, -0.2) is 15.3 Å². The lowest BCUT2D eigenvalue weighted by Gasteiger charge is -2.17. The van der Waals surface area contributed by atoms with E-state index >= 15 is 0 Å². The van der Waals surface area contributed by atoms with Crippen LogP contribution in [0.3, 0.4) is 0 Å². The predicted octanol–water partition coefficient (Wildman–Crippen LogP) is 3.73. The van der Waals surface area contributed by atoms with E-state index in [0.29, 0.717) is 0 Å². The average Bonchev–Trinajstić information content (AvgIpc) is 2.91. The molecule has 0 fully saturated rings. The molecule has 1 heterocycles. The molecule has 5 heteroatoms. The number of fused-ring (bicyclic) bond motifs is 1. The number of aromatic nitrogens is 1. The number of carbonyl (C=O) groups excluding carboxylic acids is 1. The fraction of sp³-hybridized carbons (Fsp3) is 0.118. The molecule has 0 spiro atoms. The first kappa shape index (κ1) is 14.0. The third-order valence-electron chi connectivity index (χ3n) is 3.69. The highest BCUT2D eigenvalue weighted by atomic mass is 16.6. The quantitative estimate of drug-likeness (QED) is 0.544. The minimum atomic E-state index is -0.430. The van der Waals surface area contributed by atoms with Gasteiger partial charge in [0.1, 0.15) is 6.04 Å². The van der Waals surface area contributed by atoms with Crippen molar-refractivity contribution < 1.29 is 9.72 Å². The maximum atomic E-state index is 12.1. The number of Topliss-reactive ketones (excluding diaryl/α,β-unsaturated/α-hetero) is 1. The largest absolute Gasteiger partial charge is 0.333 e. The lowest BCUT2D eigenvalue weighted by molar-refractivity contribution is -0.384. The van der Waals surface area contributed by atoms with E-state index in [-0.39, 0.29) is 11.5 Å². The molecule has 2 aromatic carbocycles. The van der Waals surface area contributed by atoms with Crippen molar-refractivity contribution in [2.24, 2.45) is 0 Å². The van der Waals surface area contributed by atoms with E-state index in [0.717, 1.165) is 16.5 Å². The monoisotopic (exact) mass is 294 g/mol. The zero-order valence-electron chi connectivity index (χ0n) is 12.0. The Kier molecular flexibility index (Phi) is 3.47. The van der Waals surface area contributed by atoms with Gasteiger partial charge in [-0.2, -0.15) is 0 Å². The molecule has 1 aromatic heterocycles. The zero-order chi connectivity index (χ0) is 15.7. The Labute approximate surface area is 126 Å². The highest BCUT2D eigenvalue weighted by Crippen LogP contribution is 2.28. The zero-order valence-corrected chi connectivity index (χ0v) is 12.0. The molecule has 0 radical (unpaired) electrons. The minimum absolute atomic E-state index is 0.0158. The lowest BCUT2D eigenvalue weighted by atomic mass is 10.0. The molecule has 0 saturated carbocycles. The molecule has 0 bridgehead atoms. The first-order valence-electron chi connectivity index (χ1n) is 6.88. The second kappa shape index (κ2) is 5.44. The molecule has 0 aliphatic carbocycles. The van der Waals surface area contributed by atoms with Crippen molar-refractivity contribution in [3.8, 4) is 0 Å². The fourth-order valence-corrected chi connectivity index (χ4v) is 2.72. The minimum Gasteiger partial charge on any atom is -0.333 e. The number of rotatable bonds is 4. The van der Waals surface area contributed by atoms with E-state index in [4.69, 9.17) is 0 Å². The SMILES string of the molecule is CC(=O)C(c1ccccc1)n1ccc2cc([N+](=O)[O-])ccc21. The normalized spacial score (nSPS) is 12.2. The van der Waals surface area contributed by atoms with Gasteiger partial charge in [-0.3, -0.25) is 14.9 Å². The van der Waals surface area contributed by atoms with Gasteiger partial charge in [-0.15, -0.1) is 0 Å². The maximum Gasteiger partial charge on any atom is 0.270 e. The maximum absolute atomic E-state index is 12.1. The molecule has 0 N–H and O–H groups in total. The summed E-state index contributed by atoms with van der Waals surface area (Å²) < 4.78 is 1.86. The Morgan fingerprint density at radius 3 is 2.50 bits per heavy atom. The van der Waals surface area contributed by atoms with Crippen molar-refractivity contribution in [1.29, 1.82) is 0 Å². The van der Waals surface area contributed by atoms with Crippen LogP contribution >= 0.6 is 0 Å². The summed E-state index contributed by atoms with van der Waals surface area (Å²) in [7, 11) is 0. The number of nitro groups is 1. The topological polar surface area (TPSA) is 65.1 Å². The van der Waals surface area contributed by atoms with Crippen LogP contribution in [0.4, 0.5) is 5.69 Å². The molecule has 0 aliphatic heterocycles. The number of hydrogen-bond donors (Lipinski definition) is 0. The number of nitrogens with zero attached hydrogens (tertiary/aromatic N) is 2. The van der Waals surface area contributed by atoms with E-state index in [2.05, 4.69) is 0 Å². The summed E-state index contributed by atoms with van der Waals surface area (Å²) in [6, 6.07) is 15.5. The van der Waals surface area contributed by atoms with Gasteiger partial charge < -0.3 is 4.57 Å². The van der Waals surface area contributed by atoms with Crippen molar-refractivity contribution in [1.82, 2.24) is 4.57 Å². The average molecular weight is 294 g/mol. The van der Waals surface area contributed by atoms with E-state index < -0.39 is 11.0 Å². The van der Waals surface area contributed by atoms with Crippen LogP contribution in [-0.2, 0) is 4.79 Å². The van der Waals surface area contributed by atoms with Gasteiger partial charge in [0.25, 0.3) is 5.69 Å². The number of non-ortho nitro benzene ring substituents is 1. The van der Waals surface area contributed by atoms with Crippen molar-refractivity contribution in [2.75, 3.05) is 0 Å². The number of carbonyl (C=O) groups is 1. The summed E-state index contributed by atoms with van der Waals surface area (Å²) in [4.78, 5) is 22.6. The highest BCUT2D eigenvalue weighted by molar-refractivity contribution is 5.88. The van der Waals surface area contributed by atoms with Crippen molar-refractivity contribution >= 4 is 22.4 Å². The highest BCUT2D eigenvalue weighted by Gasteiger charge is 2.20. The van der Waals surface area contributed by atoms with Gasteiger partial charge in [0.15, 0.2) is 5.78 Å². The molecular weight excluding hydrogens is 280 g/mol. The molecule has 0 saturated heterocycles. The van der Waals surface area contributed by atoms with Crippen LogP contribution < -0.4 is 0 Å². The van der Waals surface area contributed by atoms with Crippen molar-refractivity contribution in [2.45, 2.75) is 13.0 Å². The predicted molar refractivity (Wildman–Crippen MR) is 83.9 cm³/mol. The summed E-state index contributed by atoms with van der Waals surface area (Å²) >= 11 is 0. The molecule has 22 heavy (non-hydrogen) atoms. The molecule has 1 unspecified atom stereocenters. The van der Waals surface area contributed by atoms with Crippen molar-refractivity contribution in [3.05, 3.63) is 76.5 Å². The van der Waals surface area contributed by atoms with Gasteiger partial charge in [-0.05, 0) is 24.6 Å². The van der Waals surface area contributed by atoms with Gasteiger partial charge in [-0.25, -0.2) is 0 Å². The molecule has 5 nitrogen and oxygen atoms in total. The summed E-state index contributed by atoms with van der Waals surface area (Å²) in [6.07, 6.45) is 1.80. The Morgan fingerprint density at radius 1 is 1.14 bits per heavy atom. The number of hydrogen-bond acceptors (Lipinski definition) is 3. The summed E-state index contributed by atoms with van der Waals surface area (Å²) in [5.74, 6) is 0.0158. The van der Waals surface area contributed by atoms with E-state index in [1.165, 1.54) is 12.1 Å². The van der Waals surface area contributed by atoms with E-state index in [9.17, 15) is 14.9 Å². The molecule has 3 aromatic rings. The summed E-state index contributed by atoms with van der Waals surface area (Å²) in [6.45, 7) is 1.55. The second-order valence-corrected chi connectivity index (χ2v) is 5.15. The van der Waals surface area contributed by atoms with Gasteiger partial charge in [0.05, 0.1) is 4.92 Å². The van der Waals surface area contributed by atoms with Crippen LogP contribution in [0.15, 0.2) is 60.8 Å². The van der Waals surface area contributed by atoms with Gasteiger partial charge in [0, 0.05) is 29.2 Å². The summed E-state index contributed by atoms with van der Waals surface area (Å²) in [5, 5.41) is 11.6. The molecular formula is C17H14N2O3. The van der Waals surface area contributed by atoms with Gasteiger partial charge in [-0.1, -0.05) is 30.3 Å². The third kappa shape index (κ3) is 2.37. The van der Waals surface area contributed by atoms with E-state index in [1.54, 1.807) is 25.3 Å². The van der Waals surface area contributed by atoms with Gasteiger partial charge in [0.2, 0.25) is 0 Å². The third-order valence-corrected chi connectivity index (χ3v) is 3.69. The molecule has 3 rings (SSSR count). The Bertz CT molecular complexity index is 853. The van der Waals surface area contributed by atoms with Crippen LogP contribution in [0, 0.1) is 10.1 Å². The van der Waals surface area contributed by atoms with Crippen LogP contribution in [0.2, 0.25) is 0 Å². The van der Waals surface area contributed by atoms with Crippen LogP contribution in [0.1, 0.15) is 18.5 Å². The Hall–Kier alpha value is -2.95. The molecule has 0 amide bonds.